The highest BCUT2D eigenvalue weighted by molar-refractivity contribution is 9.10. The smallest absolute Gasteiger partial charge is 0.0298 e. The lowest BCUT2D eigenvalue weighted by atomic mass is 10.0. The maximum atomic E-state index is 3.79. The normalized spacial score (nSPS) is 27.5. The second-order valence-corrected chi connectivity index (χ2v) is 9.76. The number of hydrogen-bond donors (Lipinski definition) is 1. The van der Waals surface area contributed by atoms with E-state index in [1.54, 1.807) is 0 Å². The molecular formula is C17H26BrNS2. The van der Waals surface area contributed by atoms with Gasteiger partial charge in [-0.25, -0.2) is 0 Å². The van der Waals surface area contributed by atoms with Gasteiger partial charge in [0.25, 0.3) is 0 Å². The molecule has 1 aromatic carbocycles. The van der Waals surface area contributed by atoms with E-state index < -0.39 is 0 Å². The van der Waals surface area contributed by atoms with Crippen molar-refractivity contribution in [2.75, 3.05) is 12.3 Å². The van der Waals surface area contributed by atoms with E-state index in [1.165, 1.54) is 22.2 Å². The zero-order valence-electron chi connectivity index (χ0n) is 13.1. The second kappa shape index (κ2) is 8.85. The first-order valence-corrected chi connectivity index (χ1v) is 10.6. The Kier molecular flexibility index (Phi) is 7.47. The molecule has 1 heterocycles. The van der Waals surface area contributed by atoms with E-state index in [2.05, 4.69) is 89.8 Å². The molecule has 1 saturated heterocycles. The standard InChI is InChI=1S/C17H26BrNS2/c1-4-8-19-16(10-14-6-5-7-15(18)9-14)17-11-20-12(2)13(3)21-17/h5-7,9,12-13,16-17,19H,4,8,10-11H2,1-3H3. The molecule has 0 amide bonds. The van der Waals surface area contributed by atoms with Crippen molar-refractivity contribution in [3.05, 3.63) is 34.3 Å². The van der Waals surface area contributed by atoms with Crippen molar-refractivity contribution < 1.29 is 0 Å². The van der Waals surface area contributed by atoms with E-state index in [4.69, 9.17) is 0 Å². The topological polar surface area (TPSA) is 12.0 Å². The van der Waals surface area contributed by atoms with Crippen LogP contribution in [-0.2, 0) is 6.42 Å². The molecule has 2 rings (SSSR count). The van der Waals surface area contributed by atoms with E-state index in [0.717, 1.165) is 23.5 Å². The molecule has 1 N–H and O–H groups in total. The Bertz CT molecular complexity index is 441. The van der Waals surface area contributed by atoms with Crippen molar-refractivity contribution in [3.63, 3.8) is 0 Å². The van der Waals surface area contributed by atoms with Gasteiger partial charge in [-0.05, 0) is 37.1 Å². The van der Waals surface area contributed by atoms with Crippen LogP contribution in [0.3, 0.4) is 0 Å². The molecule has 0 spiro atoms. The maximum absolute atomic E-state index is 3.79. The molecule has 1 aliphatic rings. The predicted octanol–water partition coefficient (Wildman–Crippen LogP) is 4.99. The fourth-order valence-corrected chi connectivity index (χ4v) is 6.18. The van der Waals surface area contributed by atoms with Gasteiger partial charge >= 0.3 is 0 Å². The SMILES string of the molecule is CCCNC(Cc1cccc(Br)c1)C1CSC(C)C(C)S1. The number of halogens is 1. The van der Waals surface area contributed by atoms with Gasteiger partial charge in [-0.3, -0.25) is 0 Å². The van der Waals surface area contributed by atoms with Crippen LogP contribution in [0.4, 0.5) is 0 Å². The van der Waals surface area contributed by atoms with Crippen molar-refractivity contribution in [1.29, 1.82) is 0 Å². The zero-order chi connectivity index (χ0) is 15.2. The molecule has 0 aromatic heterocycles. The Morgan fingerprint density at radius 1 is 1.33 bits per heavy atom. The zero-order valence-corrected chi connectivity index (χ0v) is 16.4. The third-order valence-electron chi connectivity index (χ3n) is 4.02. The Morgan fingerprint density at radius 3 is 2.81 bits per heavy atom. The Morgan fingerprint density at radius 2 is 2.14 bits per heavy atom. The number of thioether (sulfide) groups is 2. The molecule has 4 atom stereocenters. The van der Waals surface area contributed by atoms with Crippen LogP contribution in [0.15, 0.2) is 28.7 Å². The molecule has 1 aliphatic heterocycles. The van der Waals surface area contributed by atoms with Gasteiger partial charge in [0.05, 0.1) is 0 Å². The van der Waals surface area contributed by atoms with Crippen LogP contribution >= 0.6 is 39.5 Å². The summed E-state index contributed by atoms with van der Waals surface area (Å²) in [6.45, 7) is 8.10. The molecule has 4 unspecified atom stereocenters. The Labute approximate surface area is 146 Å². The molecule has 0 bridgehead atoms. The summed E-state index contributed by atoms with van der Waals surface area (Å²) in [4.78, 5) is 0. The summed E-state index contributed by atoms with van der Waals surface area (Å²) in [5.74, 6) is 1.27. The third kappa shape index (κ3) is 5.49. The minimum Gasteiger partial charge on any atom is -0.313 e. The summed E-state index contributed by atoms with van der Waals surface area (Å²) in [6.07, 6.45) is 2.32. The summed E-state index contributed by atoms with van der Waals surface area (Å²) in [6, 6.07) is 9.33. The second-order valence-electron chi connectivity index (χ2n) is 5.81. The van der Waals surface area contributed by atoms with Crippen molar-refractivity contribution in [1.82, 2.24) is 5.32 Å². The average Bonchev–Trinajstić information content (AvgIpc) is 2.46. The van der Waals surface area contributed by atoms with Crippen LogP contribution in [0, 0.1) is 0 Å². The first-order valence-electron chi connectivity index (χ1n) is 7.85. The molecule has 21 heavy (non-hydrogen) atoms. The lowest BCUT2D eigenvalue weighted by molar-refractivity contribution is 0.504. The van der Waals surface area contributed by atoms with Gasteiger partial charge in [0, 0.05) is 32.0 Å². The summed E-state index contributed by atoms with van der Waals surface area (Å²) in [5.41, 5.74) is 1.43. The van der Waals surface area contributed by atoms with E-state index in [1.807, 2.05) is 0 Å². The van der Waals surface area contributed by atoms with Crippen molar-refractivity contribution >= 4 is 39.5 Å². The number of nitrogens with one attached hydrogen (secondary N) is 1. The molecule has 118 valence electrons. The van der Waals surface area contributed by atoms with Crippen LogP contribution in [-0.4, -0.2) is 34.1 Å². The monoisotopic (exact) mass is 387 g/mol. The van der Waals surface area contributed by atoms with E-state index in [-0.39, 0.29) is 0 Å². The van der Waals surface area contributed by atoms with Gasteiger partial charge in [0.2, 0.25) is 0 Å². The summed E-state index contributed by atoms with van der Waals surface area (Å²) < 4.78 is 1.18. The quantitative estimate of drug-likeness (QED) is 0.738. The number of rotatable bonds is 6. The van der Waals surface area contributed by atoms with E-state index in [0.29, 0.717) is 11.3 Å². The summed E-state index contributed by atoms with van der Waals surface area (Å²) in [7, 11) is 0. The highest BCUT2D eigenvalue weighted by Crippen LogP contribution is 2.37. The van der Waals surface area contributed by atoms with Crippen LogP contribution in [0.1, 0.15) is 32.8 Å². The van der Waals surface area contributed by atoms with Gasteiger partial charge in [-0.2, -0.15) is 23.5 Å². The van der Waals surface area contributed by atoms with Gasteiger partial charge in [-0.15, -0.1) is 0 Å². The van der Waals surface area contributed by atoms with Gasteiger partial charge in [0.15, 0.2) is 0 Å². The number of hydrogen-bond acceptors (Lipinski definition) is 3. The molecule has 0 radical (unpaired) electrons. The average molecular weight is 388 g/mol. The molecule has 1 aromatic rings. The molecule has 1 fully saturated rings. The van der Waals surface area contributed by atoms with Crippen LogP contribution in [0.5, 0.6) is 0 Å². The predicted molar refractivity (Wildman–Crippen MR) is 103 cm³/mol. The third-order valence-corrected chi connectivity index (χ3v) is 8.07. The molecule has 1 nitrogen and oxygen atoms in total. The number of benzene rings is 1. The van der Waals surface area contributed by atoms with Crippen molar-refractivity contribution in [2.45, 2.75) is 55.4 Å². The van der Waals surface area contributed by atoms with Crippen molar-refractivity contribution in [3.8, 4) is 0 Å². The summed E-state index contributed by atoms with van der Waals surface area (Å²) >= 11 is 7.91. The molecule has 0 aliphatic carbocycles. The molecule has 4 heteroatoms. The van der Waals surface area contributed by atoms with Crippen LogP contribution < -0.4 is 5.32 Å². The summed E-state index contributed by atoms with van der Waals surface area (Å²) in [5, 5.41) is 6.04. The van der Waals surface area contributed by atoms with Gasteiger partial charge in [-0.1, -0.05) is 48.8 Å². The highest BCUT2D eigenvalue weighted by Gasteiger charge is 2.31. The van der Waals surface area contributed by atoms with Crippen LogP contribution in [0.2, 0.25) is 0 Å². The highest BCUT2D eigenvalue weighted by atomic mass is 79.9. The largest absolute Gasteiger partial charge is 0.313 e. The Hall–Kier alpha value is 0.360. The van der Waals surface area contributed by atoms with Crippen molar-refractivity contribution in [2.24, 2.45) is 0 Å². The Balaban J connectivity index is 2.03. The fraction of sp³-hybridized carbons (Fsp3) is 0.647. The fourth-order valence-electron chi connectivity index (χ4n) is 2.60. The van der Waals surface area contributed by atoms with Crippen LogP contribution in [0.25, 0.3) is 0 Å². The lowest BCUT2D eigenvalue weighted by Gasteiger charge is -2.36. The lowest BCUT2D eigenvalue weighted by Crippen LogP contribution is -2.45. The van der Waals surface area contributed by atoms with Gasteiger partial charge < -0.3 is 5.32 Å². The molecule has 0 saturated carbocycles. The first kappa shape index (κ1) is 17.7. The van der Waals surface area contributed by atoms with Gasteiger partial charge in [0.1, 0.15) is 0 Å². The maximum Gasteiger partial charge on any atom is 0.0298 e. The minimum absolute atomic E-state index is 0.576. The van der Waals surface area contributed by atoms with E-state index in [9.17, 15) is 0 Å². The molecular weight excluding hydrogens is 362 g/mol. The minimum atomic E-state index is 0.576. The first-order chi connectivity index (χ1) is 10.1. The van der Waals surface area contributed by atoms with E-state index >= 15 is 0 Å².